The van der Waals surface area contributed by atoms with Gasteiger partial charge in [-0.1, -0.05) is 41.4 Å². The van der Waals surface area contributed by atoms with Gasteiger partial charge >= 0.3 is 0 Å². The van der Waals surface area contributed by atoms with E-state index in [4.69, 9.17) is 20.4 Å². The summed E-state index contributed by atoms with van der Waals surface area (Å²) >= 11 is 6.28. The first-order chi connectivity index (χ1) is 10.5. The van der Waals surface area contributed by atoms with Gasteiger partial charge in [-0.3, -0.25) is 0 Å². The molecule has 0 atom stereocenters. The third-order valence-corrected chi connectivity index (χ3v) is 3.51. The number of aromatic nitrogens is 2. The molecule has 0 radical (unpaired) electrons. The minimum Gasteiger partial charge on any atom is -0.466 e. The lowest BCUT2D eigenvalue weighted by molar-refractivity contribution is 0.502. The zero-order valence-electron chi connectivity index (χ0n) is 12.6. The van der Waals surface area contributed by atoms with E-state index in [1.54, 1.807) is 6.08 Å². The van der Waals surface area contributed by atoms with E-state index in [0.717, 1.165) is 28.2 Å². The van der Waals surface area contributed by atoms with Crippen LogP contribution in [0.4, 0.5) is 0 Å². The summed E-state index contributed by atoms with van der Waals surface area (Å²) in [6, 6.07) is 9.87. The van der Waals surface area contributed by atoms with E-state index in [1.807, 2.05) is 51.1 Å². The Hall–Kier alpha value is -2.33. The molecule has 3 aromatic rings. The number of aryl methyl sites for hydroxylation is 3. The molecule has 0 amide bonds. The first kappa shape index (κ1) is 14.6. The number of halogens is 1. The molecule has 2 aromatic heterocycles. The lowest BCUT2D eigenvalue weighted by Crippen LogP contribution is -1.79. The predicted molar refractivity (Wildman–Crippen MR) is 86.4 cm³/mol. The summed E-state index contributed by atoms with van der Waals surface area (Å²) in [5.74, 6) is 2.23. The van der Waals surface area contributed by atoms with Gasteiger partial charge in [-0.2, -0.15) is 0 Å². The standard InChI is InChI=1S/C17H15ClN2O2/c1-10-5-4-6-13(7-10)9-15(18)17-20-19-16(22-17)14-8-11(2)21-12(14)3/h4-9H,1-3H3/b15-9-. The fourth-order valence-electron chi connectivity index (χ4n) is 2.24. The topological polar surface area (TPSA) is 52.1 Å². The smallest absolute Gasteiger partial charge is 0.259 e. The van der Waals surface area contributed by atoms with Crippen LogP contribution < -0.4 is 0 Å². The molecule has 3 rings (SSSR count). The Labute approximate surface area is 133 Å². The first-order valence-electron chi connectivity index (χ1n) is 6.88. The molecule has 0 fully saturated rings. The molecule has 1 aromatic carbocycles. The lowest BCUT2D eigenvalue weighted by Gasteiger charge is -1.96. The molecule has 0 aliphatic carbocycles. The number of hydrogen-bond donors (Lipinski definition) is 0. The molecule has 0 spiro atoms. The molecule has 4 nitrogen and oxygen atoms in total. The second kappa shape index (κ2) is 5.81. The van der Waals surface area contributed by atoms with E-state index >= 15 is 0 Å². The third kappa shape index (κ3) is 2.97. The first-order valence-corrected chi connectivity index (χ1v) is 7.26. The Morgan fingerprint density at radius 2 is 1.91 bits per heavy atom. The van der Waals surface area contributed by atoms with Crippen LogP contribution in [-0.2, 0) is 0 Å². The Morgan fingerprint density at radius 1 is 1.09 bits per heavy atom. The van der Waals surface area contributed by atoms with Crippen molar-refractivity contribution in [3.8, 4) is 11.5 Å². The van der Waals surface area contributed by atoms with Crippen molar-refractivity contribution in [2.24, 2.45) is 0 Å². The molecule has 112 valence electrons. The maximum absolute atomic E-state index is 6.28. The average Bonchev–Trinajstić information content (AvgIpc) is 3.05. The Balaban J connectivity index is 1.92. The zero-order chi connectivity index (χ0) is 15.7. The zero-order valence-corrected chi connectivity index (χ0v) is 13.3. The molecule has 0 bridgehead atoms. The van der Waals surface area contributed by atoms with E-state index in [-0.39, 0.29) is 5.89 Å². The van der Waals surface area contributed by atoms with Gasteiger partial charge in [0.05, 0.1) is 5.56 Å². The highest BCUT2D eigenvalue weighted by atomic mass is 35.5. The molecule has 0 aliphatic heterocycles. The van der Waals surface area contributed by atoms with E-state index in [9.17, 15) is 0 Å². The number of benzene rings is 1. The minimum absolute atomic E-state index is 0.288. The van der Waals surface area contributed by atoms with Crippen molar-refractivity contribution in [1.82, 2.24) is 10.2 Å². The van der Waals surface area contributed by atoms with Crippen LogP contribution in [-0.4, -0.2) is 10.2 Å². The fraction of sp³-hybridized carbons (Fsp3) is 0.176. The second-order valence-corrected chi connectivity index (χ2v) is 5.55. The third-order valence-electron chi connectivity index (χ3n) is 3.24. The van der Waals surface area contributed by atoms with Gasteiger partial charge in [0.1, 0.15) is 16.6 Å². The van der Waals surface area contributed by atoms with E-state index in [0.29, 0.717) is 10.9 Å². The lowest BCUT2D eigenvalue weighted by atomic mass is 10.1. The molecule has 0 saturated carbocycles. The van der Waals surface area contributed by atoms with E-state index < -0.39 is 0 Å². The SMILES string of the molecule is Cc1cccc(/C=C(\Cl)c2nnc(-c3cc(C)oc3C)o2)c1. The second-order valence-electron chi connectivity index (χ2n) is 5.15. The van der Waals surface area contributed by atoms with E-state index in [2.05, 4.69) is 10.2 Å². The summed E-state index contributed by atoms with van der Waals surface area (Å²) in [4.78, 5) is 0. The normalized spacial score (nSPS) is 11.9. The van der Waals surface area contributed by atoms with Gasteiger partial charge in [0.15, 0.2) is 0 Å². The van der Waals surface area contributed by atoms with E-state index in [1.165, 1.54) is 0 Å². The predicted octanol–water partition coefficient (Wildman–Crippen LogP) is 4.99. The van der Waals surface area contributed by atoms with Crippen LogP contribution in [0.1, 0.15) is 28.5 Å². The molecule has 2 heterocycles. The van der Waals surface area contributed by atoms with Gasteiger partial charge < -0.3 is 8.83 Å². The molecule has 0 N–H and O–H groups in total. The summed E-state index contributed by atoms with van der Waals surface area (Å²) in [5, 5.41) is 8.45. The van der Waals surface area contributed by atoms with Gasteiger partial charge in [-0.25, -0.2) is 0 Å². The molecule has 0 saturated heterocycles. The maximum Gasteiger partial charge on any atom is 0.259 e. The Bertz CT molecular complexity index is 846. The summed E-state index contributed by atoms with van der Waals surface area (Å²) in [6.45, 7) is 5.76. The molecular weight excluding hydrogens is 300 g/mol. The van der Waals surface area contributed by atoms with Crippen LogP contribution >= 0.6 is 11.6 Å². The van der Waals surface area contributed by atoms with Crippen LogP contribution in [0.3, 0.4) is 0 Å². The van der Waals surface area contributed by atoms with Crippen molar-refractivity contribution >= 4 is 22.7 Å². The van der Waals surface area contributed by atoms with Crippen LogP contribution in [0.25, 0.3) is 22.6 Å². The highest BCUT2D eigenvalue weighted by molar-refractivity contribution is 6.50. The van der Waals surface area contributed by atoms with Gasteiger partial charge in [-0.15, -0.1) is 10.2 Å². The van der Waals surface area contributed by atoms with Crippen LogP contribution in [0.5, 0.6) is 0 Å². The van der Waals surface area contributed by atoms with Crippen molar-refractivity contribution in [3.63, 3.8) is 0 Å². The maximum atomic E-state index is 6.28. The summed E-state index contributed by atoms with van der Waals surface area (Å²) in [5.41, 5.74) is 2.94. The number of nitrogens with zero attached hydrogens (tertiary/aromatic N) is 2. The fourth-order valence-corrected chi connectivity index (χ4v) is 2.44. The summed E-state index contributed by atoms with van der Waals surface area (Å²) < 4.78 is 11.1. The van der Waals surface area contributed by atoms with Crippen molar-refractivity contribution < 1.29 is 8.83 Å². The van der Waals surface area contributed by atoms with Gasteiger partial charge in [-0.05, 0) is 38.5 Å². The molecular formula is C17H15ClN2O2. The largest absolute Gasteiger partial charge is 0.466 e. The van der Waals surface area contributed by atoms with Gasteiger partial charge in [0, 0.05) is 0 Å². The van der Waals surface area contributed by atoms with Gasteiger partial charge in [0.2, 0.25) is 0 Å². The van der Waals surface area contributed by atoms with Gasteiger partial charge in [0.25, 0.3) is 11.8 Å². The molecule has 22 heavy (non-hydrogen) atoms. The average molecular weight is 315 g/mol. The molecule has 0 aliphatic rings. The molecule has 5 heteroatoms. The van der Waals surface area contributed by atoms with Crippen molar-refractivity contribution in [2.45, 2.75) is 20.8 Å². The Kier molecular flexibility index (Phi) is 3.86. The number of rotatable bonds is 3. The molecule has 0 unspecified atom stereocenters. The summed E-state index contributed by atoms with van der Waals surface area (Å²) in [7, 11) is 0. The van der Waals surface area contributed by atoms with Crippen LogP contribution in [0.15, 0.2) is 39.2 Å². The minimum atomic E-state index is 0.288. The Morgan fingerprint density at radius 3 is 2.59 bits per heavy atom. The van der Waals surface area contributed by atoms with Crippen LogP contribution in [0, 0.1) is 20.8 Å². The number of hydrogen-bond acceptors (Lipinski definition) is 4. The van der Waals surface area contributed by atoms with Crippen molar-refractivity contribution in [3.05, 3.63) is 58.9 Å². The van der Waals surface area contributed by atoms with Crippen molar-refractivity contribution in [2.75, 3.05) is 0 Å². The monoisotopic (exact) mass is 314 g/mol. The quantitative estimate of drug-likeness (QED) is 0.683. The van der Waals surface area contributed by atoms with Crippen molar-refractivity contribution in [1.29, 1.82) is 0 Å². The summed E-state index contributed by atoms with van der Waals surface area (Å²) in [6.07, 6.45) is 1.80. The number of furan rings is 1. The highest BCUT2D eigenvalue weighted by Gasteiger charge is 2.16. The van der Waals surface area contributed by atoms with Crippen LogP contribution in [0.2, 0.25) is 0 Å². The highest BCUT2D eigenvalue weighted by Crippen LogP contribution is 2.28.